The highest BCUT2D eigenvalue weighted by Gasteiger charge is 2.23. The summed E-state index contributed by atoms with van der Waals surface area (Å²) in [7, 11) is 1.81. The molecule has 1 aromatic carbocycles. The van der Waals surface area contributed by atoms with Crippen LogP contribution in [0.2, 0.25) is 0 Å². The predicted molar refractivity (Wildman–Crippen MR) is 74.9 cm³/mol. The van der Waals surface area contributed by atoms with Gasteiger partial charge in [0.15, 0.2) is 5.75 Å². The molecule has 18 heavy (non-hydrogen) atoms. The van der Waals surface area contributed by atoms with Crippen LogP contribution < -0.4 is 15.6 Å². The topological polar surface area (TPSA) is 33.3 Å². The Morgan fingerprint density at radius 1 is 1.33 bits per heavy atom. The minimum Gasteiger partial charge on any atom is -0.409 e. The molecule has 1 unspecified atom stereocenters. The second-order valence-electron chi connectivity index (χ2n) is 5.22. The summed E-state index contributed by atoms with van der Waals surface area (Å²) >= 11 is 0. The molecule has 3 heteroatoms. The summed E-state index contributed by atoms with van der Waals surface area (Å²) < 4.78 is 0. The van der Waals surface area contributed by atoms with Crippen LogP contribution in [0.4, 0.5) is 0 Å². The molecule has 1 aliphatic rings. The molecule has 0 saturated carbocycles. The molecule has 1 fully saturated rings. The van der Waals surface area contributed by atoms with Gasteiger partial charge in [0.05, 0.1) is 0 Å². The Bertz CT molecular complexity index is 386. The van der Waals surface area contributed by atoms with Crippen LogP contribution in [0.5, 0.6) is 5.75 Å². The van der Waals surface area contributed by atoms with E-state index in [1.165, 1.54) is 24.0 Å². The smallest absolute Gasteiger partial charge is 0.150 e. The average Bonchev–Trinajstić information content (AvgIpc) is 2.40. The summed E-state index contributed by atoms with van der Waals surface area (Å²) in [6.45, 7) is 6.71. The van der Waals surface area contributed by atoms with Crippen LogP contribution >= 0.6 is 0 Å². The summed E-state index contributed by atoms with van der Waals surface area (Å²) in [4.78, 5) is 5.56. The van der Waals surface area contributed by atoms with E-state index in [0.717, 1.165) is 24.8 Å². The zero-order valence-corrected chi connectivity index (χ0v) is 11.6. The third-order valence-electron chi connectivity index (χ3n) is 3.96. The van der Waals surface area contributed by atoms with Gasteiger partial charge in [-0.25, -0.2) is 0 Å². The number of hydrogen-bond acceptors (Lipinski definition) is 3. The summed E-state index contributed by atoms with van der Waals surface area (Å²) in [5, 5.41) is 3.43. The maximum absolute atomic E-state index is 5.56. The van der Waals surface area contributed by atoms with Crippen molar-refractivity contribution in [1.82, 2.24) is 10.8 Å². The zero-order valence-electron chi connectivity index (χ0n) is 11.6. The fraction of sp³-hybridized carbons (Fsp3) is 0.600. The third-order valence-corrected chi connectivity index (χ3v) is 3.96. The quantitative estimate of drug-likeness (QED) is 0.804. The standard InChI is InChI=1S/C15H24N2O/c1-11-4-5-14(15(10-11)18-16-3)12(2)13-6-8-17-9-7-13/h4-5,10,12-13,16-17H,6-9H2,1-3H3. The largest absolute Gasteiger partial charge is 0.409 e. The van der Waals surface area contributed by atoms with Crippen LogP contribution in [-0.4, -0.2) is 20.1 Å². The second-order valence-corrected chi connectivity index (χ2v) is 5.22. The number of nitrogens with one attached hydrogen (secondary N) is 2. The number of piperidine rings is 1. The first-order valence-electron chi connectivity index (χ1n) is 6.87. The number of rotatable bonds is 4. The molecule has 0 aliphatic carbocycles. The molecule has 1 aromatic rings. The molecule has 2 N–H and O–H groups in total. The first kappa shape index (κ1) is 13.4. The fourth-order valence-corrected chi connectivity index (χ4v) is 2.81. The van der Waals surface area contributed by atoms with Gasteiger partial charge in [0, 0.05) is 7.05 Å². The molecular weight excluding hydrogens is 224 g/mol. The molecular formula is C15H24N2O. The van der Waals surface area contributed by atoms with Gasteiger partial charge < -0.3 is 10.2 Å². The van der Waals surface area contributed by atoms with Gasteiger partial charge in [-0.2, -0.15) is 5.48 Å². The van der Waals surface area contributed by atoms with Crippen molar-refractivity contribution in [3.05, 3.63) is 29.3 Å². The highest BCUT2D eigenvalue weighted by molar-refractivity contribution is 5.39. The van der Waals surface area contributed by atoms with Crippen LogP contribution in [0, 0.1) is 12.8 Å². The molecule has 1 aliphatic heterocycles. The zero-order chi connectivity index (χ0) is 13.0. The molecule has 1 atom stereocenters. The van der Waals surface area contributed by atoms with E-state index in [2.05, 4.69) is 42.8 Å². The monoisotopic (exact) mass is 248 g/mol. The van der Waals surface area contributed by atoms with E-state index in [1.807, 2.05) is 0 Å². The van der Waals surface area contributed by atoms with Crippen molar-refractivity contribution in [2.24, 2.45) is 5.92 Å². The van der Waals surface area contributed by atoms with Crippen LogP contribution in [-0.2, 0) is 0 Å². The SMILES string of the molecule is CNOc1cc(C)ccc1C(C)C1CCNCC1. The van der Waals surface area contributed by atoms with E-state index in [1.54, 1.807) is 7.05 Å². The van der Waals surface area contributed by atoms with Crippen molar-refractivity contribution in [1.29, 1.82) is 0 Å². The van der Waals surface area contributed by atoms with E-state index >= 15 is 0 Å². The third kappa shape index (κ3) is 3.03. The highest BCUT2D eigenvalue weighted by Crippen LogP contribution is 2.36. The molecule has 100 valence electrons. The van der Waals surface area contributed by atoms with E-state index < -0.39 is 0 Å². The lowest BCUT2D eigenvalue weighted by Gasteiger charge is -2.29. The number of hydrogen-bond donors (Lipinski definition) is 2. The molecule has 1 saturated heterocycles. The summed E-state index contributed by atoms with van der Waals surface area (Å²) in [5.74, 6) is 2.28. The van der Waals surface area contributed by atoms with Crippen LogP contribution in [0.1, 0.15) is 36.8 Å². The maximum atomic E-state index is 5.56. The van der Waals surface area contributed by atoms with E-state index in [0.29, 0.717) is 5.92 Å². The van der Waals surface area contributed by atoms with E-state index in [4.69, 9.17) is 4.84 Å². The molecule has 3 nitrogen and oxygen atoms in total. The van der Waals surface area contributed by atoms with Gasteiger partial charge in [0.1, 0.15) is 0 Å². The van der Waals surface area contributed by atoms with Crippen molar-refractivity contribution in [3.8, 4) is 5.75 Å². The molecule has 0 spiro atoms. The van der Waals surface area contributed by atoms with Crippen molar-refractivity contribution in [2.75, 3.05) is 20.1 Å². The van der Waals surface area contributed by atoms with Gasteiger partial charge in [0.2, 0.25) is 0 Å². The van der Waals surface area contributed by atoms with Crippen LogP contribution in [0.25, 0.3) is 0 Å². The van der Waals surface area contributed by atoms with Crippen LogP contribution in [0.3, 0.4) is 0 Å². The Balaban J connectivity index is 2.19. The Morgan fingerprint density at radius 3 is 2.72 bits per heavy atom. The molecule has 0 bridgehead atoms. The van der Waals surface area contributed by atoms with E-state index in [-0.39, 0.29) is 0 Å². The fourth-order valence-electron chi connectivity index (χ4n) is 2.81. The van der Waals surface area contributed by atoms with E-state index in [9.17, 15) is 0 Å². The van der Waals surface area contributed by atoms with Gasteiger partial charge >= 0.3 is 0 Å². The number of hydroxylamine groups is 1. The average molecular weight is 248 g/mol. The maximum Gasteiger partial charge on any atom is 0.150 e. The molecule has 2 rings (SSSR count). The van der Waals surface area contributed by atoms with Crippen molar-refractivity contribution >= 4 is 0 Å². The Morgan fingerprint density at radius 2 is 2.06 bits per heavy atom. The Kier molecular flexibility index (Phi) is 4.61. The van der Waals surface area contributed by atoms with Crippen molar-refractivity contribution < 1.29 is 4.84 Å². The van der Waals surface area contributed by atoms with Gasteiger partial charge in [-0.1, -0.05) is 19.1 Å². The van der Waals surface area contributed by atoms with Crippen molar-refractivity contribution in [2.45, 2.75) is 32.6 Å². The summed E-state index contributed by atoms with van der Waals surface area (Å²) in [6, 6.07) is 6.51. The lowest BCUT2D eigenvalue weighted by Crippen LogP contribution is -2.30. The molecule has 1 heterocycles. The number of aryl methyl sites for hydroxylation is 1. The van der Waals surface area contributed by atoms with Gasteiger partial charge in [-0.3, -0.25) is 0 Å². The Hall–Kier alpha value is -1.06. The normalized spacial score (nSPS) is 18.6. The molecule has 0 radical (unpaired) electrons. The second kappa shape index (κ2) is 6.21. The van der Waals surface area contributed by atoms with Gasteiger partial charge in [0.25, 0.3) is 0 Å². The first-order valence-corrected chi connectivity index (χ1v) is 6.87. The number of benzene rings is 1. The lowest BCUT2D eigenvalue weighted by molar-refractivity contribution is 0.216. The van der Waals surface area contributed by atoms with Gasteiger partial charge in [-0.05, 0) is 61.9 Å². The van der Waals surface area contributed by atoms with Crippen molar-refractivity contribution in [3.63, 3.8) is 0 Å². The van der Waals surface area contributed by atoms with Gasteiger partial charge in [-0.15, -0.1) is 0 Å². The highest BCUT2D eigenvalue weighted by atomic mass is 16.6. The lowest BCUT2D eigenvalue weighted by atomic mass is 9.81. The molecule has 0 aromatic heterocycles. The first-order chi connectivity index (χ1) is 8.72. The minimum absolute atomic E-state index is 0.552. The summed E-state index contributed by atoms with van der Waals surface area (Å²) in [5.41, 5.74) is 5.36. The minimum atomic E-state index is 0.552. The Labute approximate surface area is 110 Å². The summed E-state index contributed by atoms with van der Waals surface area (Å²) in [6.07, 6.45) is 2.52. The molecule has 0 amide bonds. The predicted octanol–water partition coefficient (Wildman–Crippen LogP) is 2.61. The van der Waals surface area contributed by atoms with Crippen LogP contribution in [0.15, 0.2) is 18.2 Å².